The molecular weight excluding hydrogens is 377 g/mol. The minimum Gasteiger partial charge on any atom is -0.478 e. The third-order valence-electron chi connectivity index (χ3n) is 4.10. The fraction of sp³-hybridized carbons (Fsp3) is 0.105. The number of halogens is 3. The van der Waals surface area contributed by atoms with Gasteiger partial charge in [0.25, 0.3) is 0 Å². The first kappa shape index (κ1) is 19.2. The topological polar surface area (TPSA) is 95.5 Å². The van der Waals surface area contributed by atoms with Crippen LogP contribution < -0.4 is 10.6 Å². The van der Waals surface area contributed by atoms with Crippen molar-refractivity contribution < 1.29 is 32.7 Å². The van der Waals surface area contributed by atoms with Crippen molar-refractivity contribution in [3.05, 3.63) is 65.7 Å². The van der Waals surface area contributed by atoms with E-state index in [9.17, 15) is 27.6 Å². The Bertz CT molecular complexity index is 999. The highest BCUT2D eigenvalue weighted by atomic mass is 19.4. The number of carboxylic acids is 1. The number of amides is 2. The lowest BCUT2D eigenvalue weighted by Gasteiger charge is -2.17. The van der Waals surface area contributed by atoms with E-state index in [0.29, 0.717) is 28.3 Å². The maximum atomic E-state index is 12.7. The molecule has 0 fully saturated rings. The van der Waals surface area contributed by atoms with E-state index in [1.54, 1.807) is 30.3 Å². The van der Waals surface area contributed by atoms with Gasteiger partial charge in [0, 0.05) is 17.8 Å². The smallest absolute Gasteiger partial charge is 0.471 e. The lowest BCUT2D eigenvalue weighted by molar-refractivity contribution is -0.174. The summed E-state index contributed by atoms with van der Waals surface area (Å²) in [5.41, 5.74) is 2.44. The Kier molecular flexibility index (Phi) is 4.91. The Labute approximate surface area is 156 Å². The quantitative estimate of drug-likeness (QED) is 0.700. The summed E-state index contributed by atoms with van der Waals surface area (Å²) in [5, 5.41) is 13.0. The van der Waals surface area contributed by atoms with Crippen LogP contribution in [0.5, 0.6) is 0 Å². The molecule has 0 saturated carbocycles. The zero-order chi connectivity index (χ0) is 20.5. The lowest BCUT2D eigenvalue weighted by atomic mass is 10.0. The Balaban J connectivity index is 1.95. The molecule has 3 N–H and O–H groups in total. The van der Waals surface area contributed by atoms with Gasteiger partial charge in [0.1, 0.15) is 0 Å². The first-order chi connectivity index (χ1) is 13.2. The van der Waals surface area contributed by atoms with Crippen LogP contribution in [0.3, 0.4) is 0 Å². The number of carbonyl (C=O) groups is 3. The molecule has 2 aromatic rings. The van der Waals surface area contributed by atoms with Gasteiger partial charge in [0.05, 0.1) is 6.04 Å². The summed E-state index contributed by atoms with van der Waals surface area (Å²) in [5.74, 6) is -4.08. The SMILES string of the molecule is O=C(O)/C=C\C(=O)Nc1ccc2c(c1)C(NC(=O)C(F)(F)F)c1ccccc1-2. The first-order valence-electron chi connectivity index (χ1n) is 8.00. The molecule has 1 aliphatic rings. The van der Waals surface area contributed by atoms with E-state index in [1.807, 2.05) is 5.32 Å². The Morgan fingerprint density at radius 1 is 0.964 bits per heavy atom. The van der Waals surface area contributed by atoms with E-state index in [4.69, 9.17) is 5.11 Å². The molecule has 0 aliphatic heterocycles. The normalized spacial score (nSPS) is 15.0. The number of carboxylic acid groups (broad SMARTS) is 1. The second-order valence-corrected chi connectivity index (χ2v) is 5.95. The highest BCUT2D eigenvalue weighted by molar-refractivity contribution is 6.02. The molecule has 0 bridgehead atoms. The van der Waals surface area contributed by atoms with Gasteiger partial charge in [-0.25, -0.2) is 4.79 Å². The van der Waals surface area contributed by atoms with Gasteiger partial charge in [-0.15, -0.1) is 0 Å². The molecule has 28 heavy (non-hydrogen) atoms. The zero-order valence-electron chi connectivity index (χ0n) is 14.1. The highest BCUT2D eigenvalue weighted by Crippen LogP contribution is 2.44. The molecule has 1 aliphatic carbocycles. The average molecular weight is 390 g/mol. The van der Waals surface area contributed by atoms with Crippen LogP contribution in [-0.2, 0) is 14.4 Å². The van der Waals surface area contributed by atoms with Crippen LogP contribution in [0.4, 0.5) is 18.9 Å². The van der Waals surface area contributed by atoms with E-state index < -0.39 is 30.0 Å². The number of fused-ring (bicyclic) bond motifs is 3. The van der Waals surface area contributed by atoms with Crippen molar-refractivity contribution >= 4 is 23.5 Å². The van der Waals surface area contributed by atoms with Gasteiger partial charge >= 0.3 is 18.1 Å². The van der Waals surface area contributed by atoms with Gasteiger partial charge in [-0.3, -0.25) is 9.59 Å². The van der Waals surface area contributed by atoms with Crippen LogP contribution in [0.1, 0.15) is 17.2 Å². The molecule has 3 rings (SSSR count). The summed E-state index contributed by atoms with van der Waals surface area (Å²) in [6, 6.07) is 10.3. The fourth-order valence-corrected chi connectivity index (χ4v) is 2.99. The minimum atomic E-state index is -5.04. The van der Waals surface area contributed by atoms with Gasteiger partial charge in [0.2, 0.25) is 5.91 Å². The number of alkyl halides is 3. The van der Waals surface area contributed by atoms with E-state index in [1.165, 1.54) is 12.1 Å². The Morgan fingerprint density at radius 3 is 2.32 bits per heavy atom. The van der Waals surface area contributed by atoms with Crippen molar-refractivity contribution in [2.75, 3.05) is 5.32 Å². The molecular formula is C19H13F3N2O4. The van der Waals surface area contributed by atoms with Crippen molar-refractivity contribution in [1.82, 2.24) is 5.32 Å². The molecule has 1 unspecified atom stereocenters. The summed E-state index contributed by atoms with van der Waals surface area (Å²) in [4.78, 5) is 33.7. The number of carbonyl (C=O) groups excluding carboxylic acids is 2. The molecule has 1 atom stereocenters. The molecule has 0 radical (unpaired) electrons. The van der Waals surface area contributed by atoms with Crippen molar-refractivity contribution in [2.45, 2.75) is 12.2 Å². The molecule has 6 nitrogen and oxygen atoms in total. The highest BCUT2D eigenvalue weighted by Gasteiger charge is 2.42. The number of rotatable bonds is 4. The van der Waals surface area contributed by atoms with Gasteiger partial charge in [-0.05, 0) is 34.4 Å². The second kappa shape index (κ2) is 7.18. The standard InChI is InChI=1S/C19H13F3N2O4/c20-19(21,22)18(28)24-17-13-4-2-1-3-11(13)12-6-5-10(9-14(12)17)23-15(25)7-8-16(26)27/h1-9,17H,(H,23,25)(H,24,28)(H,26,27)/b8-7-. The number of benzene rings is 2. The number of nitrogens with one attached hydrogen (secondary N) is 2. The van der Waals surface area contributed by atoms with E-state index in [2.05, 4.69) is 5.32 Å². The molecule has 2 amide bonds. The van der Waals surface area contributed by atoms with Crippen LogP contribution in [-0.4, -0.2) is 29.1 Å². The summed E-state index contributed by atoms with van der Waals surface area (Å²) in [6.45, 7) is 0. The van der Waals surface area contributed by atoms with Crippen LogP contribution >= 0.6 is 0 Å². The molecule has 0 saturated heterocycles. The van der Waals surface area contributed by atoms with Crippen molar-refractivity contribution in [2.24, 2.45) is 0 Å². The average Bonchev–Trinajstić information content (AvgIpc) is 2.93. The number of hydrogen-bond acceptors (Lipinski definition) is 3. The summed E-state index contributed by atoms with van der Waals surface area (Å²) in [7, 11) is 0. The first-order valence-corrected chi connectivity index (χ1v) is 8.00. The molecule has 0 aromatic heterocycles. The Morgan fingerprint density at radius 2 is 1.64 bits per heavy atom. The summed E-state index contributed by atoms with van der Waals surface area (Å²) >= 11 is 0. The van der Waals surface area contributed by atoms with E-state index in [0.717, 1.165) is 6.08 Å². The number of aliphatic carboxylic acids is 1. The van der Waals surface area contributed by atoms with Gasteiger partial charge in [-0.1, -0.05) is 30.3 Å². The van der Waals surface area contributed by atoms with Crippen molar-refractivity contribution in [3.8, 4) is 11.1 Å². The predicted molar refractivity (Wildman–Crippen MR) is 93.3 cm³/mol. The van der Waals surface area contributed by atoms with Crippen LogP contribution in [0.2, 0.25) is 0 Å². The number of anilines is 1. The van der Waals surface area contributed by atoms with Crippen molar-refractivity contribution in [3.63, 3.8) is 0 Å². The molecule has 0 spiro atoms. The Hall–Kier alpha value is -3.62. The number of hydrogen-bond donors (Lipinski definition) is 3. The maximum absolute atomic E-state index is 12.7. The van der Waals surface area contributed by atoms with Gasteiger partial charge < -0.3 is 15.7 Å². The van der Waals surface area contributed by atoms with E-state index >= 15 is 0 Å². The van der Waals surface area contributed by atoms with Gasteiger partial charge in [-0.2, -0.15) is 13.2 Å². The zero-order valence-corrected chi connectivity index (χ0v) is 14.1. The van der Waals surface area contributed by atoms with Crippen LogP contribution in [0.15, 0.2) is 54.6 Å². The molecule has 9 heteroatoms. The minimum absolute atomic E-state index is 0.248. The summed E-state index contributed by atoms with van der Waals surface area (Å²) in [6.07, 6.45) is -3.57. The maximum Gasteiger partial charge on any atom is 0.471 e. The summed E-state index contributed by atoms with van der Waals surface area (Å²) < 4.78 is 38.2. The van der Waals surface area contributed by atoms with Crippen LogP contribution in [0, 0.1) is 0 Å². The third-order valence-corrected chi connectivity index (χ3v) is 4.10. The monoisotopic (exact) mass is 390 g/mol. The van der Waals surface area contributed by atoms with E-state index in [-0.39, 0.29) is 5.69 Å². The van der Waals surface area contributed by atoms with Crippen LogP contribution in [0.25, 0.3) is 11.1 Å². The fourth-order valence-electron chi connectivity index (χ4n) is 2.99. The second-order valence-electron chi connectivity index (χ2n) is 5.95. The molecule has 144 valence electrons. The van der Waals surface area contributed by atoms with Crippen molar-refractivity contribution in [1.29, 1.82) is 0 Å². The molecule has 0 heterocycles. The molecule has 2 aromatic carbocycles. The largest absolute Gasteiger partial charge is 0.478 e. The predicted octanol–water partition coefficient (Wildman–Crippen LogP) is 3.01. The van der Waals surface area contributed by atoms with Gasteiger partial charge in [0.15, 0.2) is 0 Å². The third kappa shape index (κ3) is 3.88. The lowest BCUT2D eigenvalue weighted by Crippen LogP contribution is -2.39.